The summed E-state index contributed by atoms with van der Waals surface area (Å²) in [6.07, 6.45) is 5.84. The number of methoxy groups -OCH3 is 1. The normalized spacial score (nSPS) is 21.6. The van der Waals surface area contributed by atoms with Crippen LogP contribution in [0.4, 0.5) is 0 Å². The average Bonchev–Trinajstić information content (AvgIpc) is 3.61. The highest BCUT2D eigenvalue weighted by molar-refractivity contribution is 7.12. The third-order valence-electron chi connectivity index (χ3n) is 6.66. The Kier molecular flexibility index (Phi) is 7.80. The van der Waals surface area contributed by atoms with Crippen LogP contribution in [0.15, 0.2) is 60.8 Å². The summed E-state index contributed by atoms with van der Waals surface area (Å²) in [6, 6.07) is 16.5. The maximum atomic E-state index is 12.4. The molecule has 0 spiro atoms. The molecule has 1 aromatic heterocycles. The predicted octanol–water partition coefficient (Wildman–Crippen LogP) is 5.78. The molecule has 0 radical (unpaired) electrons. The van der Waals surface area contributed by atoms with Crippen LogP contribution in [0.25, 0.3) is 5.76 Å². The minimum absolute atomic E-state index is 0.112. The maximum Gasteiger partial charge on any atom is 0.335 e. The predicted molar refractivity (Wildman–Crippen MR) is 139 cm³/mol. The van der Waals surface area contributed by atoms with Gasteiger partial charge >= 0.3 is 5.97 Å². The number of nitrogens with zero attached hydrogens (tertiary/aromatic N) is 1. The molecule has 1 saturated heterocycles. The Balaban J connectivity index is 1.32. The summed E-state index contributed by atoms with van der Waals surface area (Å²) < 4.78 is 23.2. The van der Waals surface area contributed by atoms with E-state index in [0.717, 1.165) is 46.2 Å². The molecule has 188 valence electrons. The zero-order valence-corrected chi connectivity index (χ0v) is 21.5. The fourth-order valence-corrected chi connectivity index (χ4v) is 5.58. The molecule has 7 heteroatoms. The summed E-state index contributed by atoms with van der Waals surface area (Å²) in [4.78, 5) is 18.1. The molecular formula is C29H31NO5S. The summed E-state index contributed by atoms with van der Waals surface area (Å²) in [5.74, 6) is 0.578. The lowest BCUT2D eigenvalue weighted by Gasteiger charge is -2.34. The first-order valence-corrected chi connectivity index (χ1v) is 13.2. The van der Waals surface area contributed by atoms with Gasteiger partial charge in [0.05, 0.1) is 42.4 Å². The second-order valence-electron chi connectivity index (χ2n) is 9.21. The molecule has 0 aliphatic carbocycles. The minimum atomic E-state index is -0.652. The highest BCUT2D eigenvalue weighted by Gasteiger charge is 2.36. The van der Waals surface area contributed by atoms with Gasteiger partial charge in [0.1, 0.15) is 5.76 Å². The van der Waals surface area contributed by atoms with Crippen LogP contribution in [-0.4, -0.2) is 36.9 Å². The van der Waals surface area contributed by atoms with Gasteiger partial charge in [0, 0.05) is 31.9 Å². The Hall–Kier alpha value is -3.00. The van der Waals surface area contributed by atoms with E-state index in [1.54, 1.807) is 11.3 Å². The van der Waals surface area contributed by atoms with Crippen molar-refractivity contribution in [2.24, 2.45) is 0 Å². The second-order valence-corrected chi connectivity index (χ2v) is 10.3. The van der Waals surface area contributed by atoms with Crippen LogP contribution in [0.3, 0.4) is 0 Å². The third-order valence-corrected chi connectivity index (χ3v) is 7.68. The highest BCUT2D eigenvalue weighted by atomic mass is 32.1. The lowest BCUT2D eigenvalue weighted by Crippen LogP contribution is -2.38. The molecule has 2 aliphatic rings. The molecular weight excluding hydrogens is 474 g/mol. The Bertz CT molecular complexity index is 1220. The van der Waals surface area contributed by atoms with Gasteiger partial charge in [0.2, 0.25) is 0 Å². The molecule has 0 amide bonds. The summed E-state index contributed by atoms with van der Waals surface area (Å²) in [7, 11) is 1.40. The SMILES string of the molecule is COC(=O)C1CC(OCc2ccccc2)CC(c2ccc(C)c(Cc3ncc(C4=CCCO4)s3)c2)O1. The zero-order chi connectivity index (χ0) is 24.9. The van der Waals surface area contributed by atoms with E-state index in [1.165, 1.54) is 18.2 Å². The topological polar surface area (TPSA) is 66.9 Å². The van der Waals surface area contributed by atoms with Gasteiger partial charge in [0.15, 0.2) is 6.10 Å². The molecule has 6 nitrogen and oxygen atoms in total. The Morgan fingerprint density at radius 3 is 2.81 bits per heavy atom. The van der Waals surface area contributed by atoms with E-state index in [-0.39, 0.29) is 18.2 Å². The van der Waals surface area contributed by atoms with E-state index >= 15 is 0 Å². The number of rotatable bonds is 8. The molecule has 2 aliphatic heterocycles. The number of aryl methyl sites for hydroxylation is 1. The third kappa shape index (κ3) is 5.86. The van der Waals surface area contributed by atoms with Crippen LogP contribution in [-0.2, 0) is 36.8 Å². The van der Waals surface area contributed by atoms with E-state index in [2.05, 4.69) is 36.2 Å². The molecule has 0 N–H and O–H groups in total. The van der Waals surface area contributed by atoms with Gasteiger partial charge < -0.3 is 18.9 Å². The van der Waals surface area contributed by atoms with Crippen molar-refractivity contribution in [1.82, 2.24) is 4.98 Å². The molecule has 0 saturated carbocycles. The fourth-order valence-electron chi connectivity index (χ4n) is 4.65. The summed E-state index contributed by atoms with van der Waals surface area (Å²) in [5, 5.41) is 1.04. The van der Waals surface area contributed by atoms with E-state index in [9.17, 15) is 4.79 Å². The first kappa shape index (κ1) is 24.7. The lowest BCUT2D eigenvalue weighted by molar-refractivity contribution is -0.174. The van der Waals surface area contributed by atoms with Gasteiger partial charge in [-0.25, -0.2) is 9.78 Å². The van der Waals surface area contributed by atoms with Gasteiger partial charge in [-0.1, -0.05) is 48.5 Å². The first-order chi connectivity index (χ1) is 17.6. The van der Waals surface area contributed by atoms with Gasteiger partial charge in [-0.2, -0.15) is 0 Å². The Labute approximate surface area is 215 Å². The maximum absolute atomic E-state index is 12.4. The van der Waals surface area contributed by atoms with Crippen molar-refractivity contribution < 1.29 is 23.7 Å². The van der Waals surface area contributed by atoms with Crippen LogP contribution in [0.2, 0.25) is 0 Å². The minimum Gasteiger partial charge on any atom is -0.492 e. The quantitative estimate of drug-likeness (QED) is 0.362. The van der Waals surface area contributed by atoms with Crippen molar-refractivity contribution in [2.45, 2.75) is 57.5 Å². The number of carbonyl (C=O) groups is 1. The largest absolute Gasteiger partial charge is 0.492 e. The van der Waals surface area contributed by atoms with Crippen molar-refractivity contribution >= 4 is 23.1 Å². The average molecular weight is 506 g/mol. The van der Waals surface area contributed by atoms with Crippen molar-refractivity contribution in [1.29, 1.82) is 0 Å². The van der Waals surface area contributed by atoms with E-state index in [4.69, 9.17) is 18.9 Å². The number of thiazole rings is 1. The van der Waals surface area contributed by atoms with Gasteiger partial charge in [0.25, 0.3) is 0 Å². The molecule has 1 fully saturated rings. The zero-order valence-electron chi connectivity index (χ0n) is 20.6. The summed E-state index contributed by atoms with van der Waals surface area (Å²) in [6.45, 7) is 3.35. The summed E-state index contributed by atoms with van der Waals surface area (Å²) in [5.41, 5.74) is 4.54. The molecule has 3 heterocycles. The second kappa shape index (κ2) is 11.4. The van der Waals surface area contributed by atoms with Crippen LogP contribution < -0.4 is 0 Å². The van der Waals surface area contributed by atoms with Crippen molar-refractivity contribution in [3.63, 3.8) is 0 Å². The van der Waals surface area contributed by atoms with Gasteiger partial charge in [-0.05, 0) is 35.3 Å². The Morgan fingerprint density at radius 2 is 2.03 bits per heavy atom. The van der Waals surface area contributed by atoms with Crippen LogP contribution in [0, 0.1) is 6.92 Å². The fraction of sp³-hybridized carbons (Fsp3) is 0.379. The first-order valence-electron chi connectivity index (χ1n) is 12.4. The molecule has 0 bridgehead atoms. The number of ether oxygens (including phenoxy) is 4. The molecule has 3 aromatic rings. The monoisotopic (exact) mass is 505 g/mol. The smallest absolute Gasteiger partial charge is 0.335 e. The number of carbonyl (C=O) groups excluding carboxylic acids is 1. The van der Waals surface area contributed by atoms with E-state index in [0.29, 0.717) is 19.4 Å². The molecule has 3 unspecified atom stereocenters. The number of esters is 1. The van der Waals surface area contributed by atoms with Crippen LogP contribution >= 0.6 is 11.3 Å². The number of hydrogen-bond donors (Lipinski definition) is 0. The van der Waals surface area contributed by atoms with Gasteiger partial charge in [-0.3, -0.25) is 0 Å². The highest BCUT2D eigenvalue weighted by Crippen LogP contribution is 2.35. The molecule has 2 aromatic carbocycles. The molecule has 3 atom stereocenters. The van der Waals surface area contributed by atoms with Crippen molar-refractivity contribution in [3.05, 3.63) is 92.9 Å². The van der Waals surface area contributed by atoms with Crippen molar-refractivity contribution in [2.75, 3.05) is 13.7 Å². The lowest BCUT2D eigenvalue weighted by atomic mass is 9.93. The number of hydrogen-bond acceptors (Lipinski definition) is 7. The number of aromatic nitrogens is 1. The van der Waals surface area contributed by atoms with E-state index in [1.807, 2.05) is 36.5 Å². The van der Waals surface area contributed by atoms with Gasteiger partial charge in [-0.15, -0.1) is 11.3 Å². The summed E-state index contributed by atoms with van der Waals surface area (Å²) >= 11 is 1.67. The van der Waals surface area contributed by atoms with E-state index < -0.39 is 6.10 Å². The number of benzene rings is 2. The Morgan fingerprint density at radius 1 is 1.17 bits per heavy atom. The molecule has 5 rings (SSSR count). The molecule has 36 heavy (non-hydrogen) atoms. The van der Waals surface area contributed by atoms with Crippen LogP contribution in [0.5, 0.6) is 0 Å². The van der Waals surface area contributed by atoms with Crippen molar-refractivity contribution in [3.8, 4) is 0 Å². The standard InChI is InChI=1S/C29H31NO5S/c1-19-10-11-21(13-22(19)14-28-30-17-27(36-28)24-9-6-12-33-24)25-15-23(16-26(35-25)29(31)32-2)34-18-20-7-4-3-5-8-20/h3-5,7-11,13,17,23,25-26H,6,12,14-16,18H2,1-2H3. The van der Waals surface area contributed by atoms with Crippen LogP contribution in [0.1, 0.15) is 57.5 Å².